The molecule has 2 amide bonds. The summed E-state index contributed by atoms with van der Waals surface area (Å²) in [5, 5.41) is 4.18. The fraction of sp³-hybridized carbons (Fsp3) is 0.346. The number of nitrogens with zero attached hydrogens (tertiary/aromatic N) is 1. The fourth-order valence-electron chi connectivity index (χ4n) is 3.48. The summed E-state index contributed by atoms with van der Waals surface area (Å²) in [5.74, 6) is -3.31. The maximum Gasteiger partial charge on any atom is 0.329 e. The minimum absolute atomic E-state index is 0.0559. The van der Waals surface area contributed by atoms with Crippen molar-refractivity contribution in [3.05, 3.63) is 64.5 Å². The highest BCUT2D eigenvalue weighted by atomic mass is 32.2. The number of ether oxygens (including phenoxy) is 2. The van der Waals surface area contributed by atoms with Gasteiger partial charge in [0.05, 0.1) is 13.2 Å². The molecule has 2 aromatic rings. The first-order chi connectivity index (χ1) is 18.6. The van der Waals surface area contributed by atoms with E-state index in [-0.39, 0.29) is 47.2 Å². The summed E-state index contributed by atoms with van der Waals surface area (Å²) in [6.07, 6.45) is 0. The SMILES string of the molecule is CCOC(=O)[C@H]1CSC(=O)c2cc(C)cc(c2)C(=O)SC[C@H](C(=O)OCC)NC(=O)c2cccc(n2)C(=O)N1. The molecule has 0 radical (unpaired) electrons. The Morgan fingerprint density at radius 2 is 1.26 bits per heavy atom. The van der Waals surface area contributed by atoms with E-state index in [9.17, 15) is 28.8 Å². The number of esters is 2. The summed E-state index contributed by atoms with van der Waals surface area (Å²) >= 11 is 1.56. The molecule has 2 heterocycles. The van der Waals surface area contributed by atoms with Crippen molar-refractivity contribution in [3.8, 4) is 0 Å². The van der Waals surface area contributed by atoms with Crippen LogP contribution in [0.15, 0.2) is 36.4 Å². The van der Waals surface area contributed by atoms with E-state index in [2.05, 4.69) is 15.6 Å². The van der Waals surface area contributed by atoms with E-state index in [0.29, 0.717) is 5.56 Å². The summed E-state index contributed by atoms with van der Waals surface area (Å²) in [7, 11) is 0. The van der Waals surface area contributed by atoms with Gasteiger partial charge in [-0.15, -0.1) is 0 Å². The van der Waals surface area contributed by atoms with E-state index in [1.807, 2.05) is 0 Å². The van der Waals surface area contributed by atoms with Crippen LogP contribution < -0.4 is 10.6 Å². The standard InChI is InChI=1S/C26H27N3O8S2/c1-4-36-23(32)19-12-38-25(34)15-9-14(3)10-16(11-15)26(35)39-13-20(24(33)37-5-2)29-22(31)18-8-6-7-17(27-18)21(30)28-19/h6-11,19-20H,4-5,12-13H2,1-3H3,(H,28,30)(H,29,31)/t19-,20-/m1/s1. The molecule has 2 atom stereocenters. The third kappa shape index (κ3) is 8.14. The van der Waals surface area contributed by atoms with E-state index < -0.39 is 46.1 Å². The first-order valence-corrected chi connectivity index (χ1v) is 14.0. The molecule has 1 aliphatic rings. The smallest absolute Gasteiger partial charge is 0.329 e. The van der Waals surface area contributed by atoms with Crippen molar-refractivity contribution in [1.29, 1.82) is 0 Å². The van der Waals surface area contributed by atoms with Crippen LogP contribution >= 0.6 is 23.5 Å². The first-order valence-electron chi connectivity index (χ1n) is 12.0. The molecule has 1 aromatic carbocycles. The van der Waals surface area contributed by atoms with Gasteiger partial charge in [0, 0.05) is 22.6 Å². The molecule has 11 nitrogen and oxygen atoms in total. The van der Waals surface area contributed by atoms with Crippen LogP contribution in [0.1, 0.15) is 61.1 Å². The van der Waals surface area contributed by atoms with Crippen molar-refractivity contribution >= 4 is 57.5 Å². The van der Waals surface area contributed by atoms with Gasteiger partial charge < -0.3 is 20.1 Å². The Bertz CT molecular complexity index is 1210. The topological polar surface area (TPSA) is 158 Å². The van der Waals surface area contributed by atoms with Gasteiger partial charge in [-0.1, -0.05) is 29.6 Å². The molecule has 0 aliphatic carbocycles. The number of carbonyl (C=O) groups is 6. The number of pyridine rings is 1. The van der Waals surface area contributed by atoms with Gasteiger partial charge in [0.1, 0.15) is 23.5 Å². The average Bonchev–Trinajstić information content (AvgIpc) is 2.92. The van der Waals surface area contributed by atoms with Gasteiger partial charge in [0.15, 0.2) is 0 Å². The monoisotopic (exact) mass is 573 g/mol. The molecule has 39 heavy (non-hydrogen) atoms. The summed E-state index contributed by atoms with van der Waals surface area (Å²) in [5.41, 5.74) is 0.756. The molecule has 0 fully saturated rings. The Labute approximate surface area is 233 Å². The van der Waals surface area contributed by atoms with Gasteiger partial charge in [0.25, 0.3) is 11.8 Å². The Hall–Kier alpha value is -3.71. The molecule has 1 aliphatic heterocycles. The van der Waals surface area contributed by atoms with Crippen LogP contribution in [0.2, 0.25) is 0 Å². The van der Waals surface area contributed by atoms with Crippen molar-refractivity contribution in [2.45, 2.75) is 32.9 Å². The number of amides is 2. The highest BCUT2D eigenvalue weighted by Crippen LogP contribution is 2.22. The Balaban J connectivity index is 2.02. The highest BCUT2D eigenvalue weighted by molar-refractivity contribution is 8.14. The largest absolute Gasteiger partial charge is 0.464 e. The predicted octanol–water partition coefficient (Wildman–Crippen LogP) is 2.17. The fourth-order valence-corrected chi connectivity index (χ4v) is 5.12. The van der Waals surface area contributed by atoms with Crippen molar-refractivity contribution in [3.63, 3.8) is 0 Å². The van der Waals surface area contributed by atoms with E-state index in [1.54, 1.807) is 32.9 Å². The van der Waals surface area contributed by atoms with E-state index in [1.165, 1.54) is 24.3 Å². The number of nitrogens with one attached hydrogen (secondary N) is 2. The lowest BCUT2D eigenvalue weighted by molar-refractivity contribution is -0.145. The van der Waals surface area contributed by atoms with Gasteiger partial charge in [-0.2, -0.15) is 0 Å². The Morgan fingerprint density at radius 3 is 1.67 bits per heavy atom. The van der Waals surface area contributed by atoms with Crippen LogP contribution in [-0.4, -0.2) is 75.8 Å². The van der Waals surface area contributed by atoms with Gasteiger partial charge in [0.2, 0.25) is 10.2 Å². The normalized spacial score (nSPS) is 18.7. The molecular formula is C26H27N3O8S2. The van der Waals surface area contributed by atoms with Crippen LogP contribution in [0, 0.1) is 6.92 Å². The molecule has 0 saturated heterocycles. The Kier molecular flexibility index (Phi) is 10.6. The lowest BCUT2D eigenvalue weighted by atomic mass is 10.1. The second-order valence-electron chi connectivity index (χ2n) is 8.25. The number of benzene rings is 1. The number of hydrogen-bond acceptors (Lipinski definition) is 11. The van der Waals surface area contributed by atoms with Crippen LogP contribution in [0.4, 0.5) is 0 Å². The van der Waals surface area contributed by atoms with E-state index in [4.69, 9.17) is 9.47 Å². The number of aryl methyl sites for hydroxylation is 1. The number of rotatable bonds is 4. The van der Waals surface area contributed by atoms with Crippen LogP contribution in [0.5, 0.6) is 0 Å². The lowest BCUT2D eigenvalue weighted by Crippen LogP contribution is -2.45. The molecule has 3 rings (SSSR count). The number of fused-ring (bicyclic) bond motifs is 4. The van der Waals surface area contributed by atoms with Crippen LogP contribution in [0.25, 0.3) is 0 Å². The summed E-state index contributed by atoms with van der Waals surface area (Å²) < 4.78 is 10.1. The first kappa shape index (κ1) is 29.8. The number of thioether (sulfide) groups is 2. The molecule has 0 saturated carbocycles. The Morgan fingerprint density at radius 1 is 0.821 bits per heavy atom. The molecule has 4 bridgehead atoms. The van der Waals surface area contributed by atoms with Gasteiger partial charge in [-0.3, -0.25) is 19.2 Å². The zero-order valence-electron chi connectivity index (χ0n) is 21.5. The molecule has 0 unspecified atom stereocenters. The minimum atomic E-state index is -1.20. The maximum atomic E-state index is 13.0. The molecule has 0 spiro atoms. The third-order valence-corrected chi connectivity index (χ3v) is 7.27. The zero-order valence-corrected chi connectivity index (χ0v) is 23.1. The van der Waals surface area contributed by atoms with Crippen molar-refractivity contribution in [2.24, 2.45) is 0 Å². The summed E-state index contributed by atoms with van der Waals surface area (Å²) in [6.45, 7) is 5.05. The van der Waals surface area contributed by atoms with Crippen LogP contribution in [-0.2, 0) is 19.1 Å². The number of carbonyl (C=O) groups excluding carboxylic acids is 6. The summed E-state index contributed by atoms with van der Waals surface area (Å²) in [4.78, 5) is 81.0. The van der Waals surface area contributed by atoms with Crippen molar-refractivity contribution < 1.29 is 38.2 Å². The average molecular weight is 574 g/mol. The molecule has 1 aromatic heterocycles. The zero-order chi connectivity index (χ0) is 28.5. The highest BCUT2D eigenvalue weighted by Gasteiger charge is 2.28. The summed E-state index contributed by atoms with van der Waals surface area (Å²) in [6, 6.07) is 6.34. The second-order valence-corrected chi connectivity index (χ2v) is 10.2. The predicted molar refractivity (Wildman–Crippen MR) is 145 cm³/mol. The lowest BCUT2D eigenvalue weighted by Gasteiger charge is -2.18. The number of aromatic nitrogens is 1. The molecule has 13 heteroatoms. The van der Waals surface area contributed by atoms with E-state index in [0.717, 1.165) is 23.5 Å². The number of hydrogen-bond donors (Lipinski definition) is 2. The second kappa shape index (κ2) is 13.9. The molecule has 206 valence electrons. The van der Waals surface area contributed by atoms with Gasteiger partial charge in [-0.25, -0.2) is 14.6 Å². The molecular weight excluding hydrogens is 546 g/mol. The van der Waals surface area contributed by atoms with Crippen molar-refractivity contribution in [1.82, 2.24) is 15.6 Å². The van der Waals surface area contributed by atoms with Gasteiger partial charge in [-0.05, 0) is 56.7 Å². The quantitative estimate of drug-likeness (QED) is 0.517. The maximum absolute atomic E-state index is 13.0. The van der Waals surface area contributed by atoms with E-state index >= 15 is 0 Å². The minimum Gasteiger partial charge on any atom is -0.464 e. The molecule has 2 N–H and O–H groups in total. The van der Waals surface area contributed by atoms with Gasteiger partial charge >= 0.3 is 11.9 Å². The van der Waals surface area contributed by atoms with Crippen molar-refractivity contribution in [2.75, 3.05) is 24.7 Å². The van der Waals surface area contributed by atoms with Crippen LogP contribution in [0.3, 0.4) is 0 Å². The third-order valence-electron chi connectivity index (χ3n) is 5.28.